The number of amides is 2. The Bertz CT molecular complexity index is 980. The molecular formula is C28H43ClN4O3. The van der Waals surface area contributed by atoms with Crippen molar-refractivity contribution in [2.45, 2.75) is 71.9 Å². The van der Waals surface area contributed by atoms with Gasteiger partial charge in [-0.1, -0.05) is 59.2 Å². The van der Waals surface area contributed by atoms with Crippen LogP contribution >= 0.6 is 11.6 Å². The van der Waals surface area contributed by atoms with Crippen LogP contribution in [0.3, 0.4) is 0 Å². The molecule has 0 aromatic heterocycles. The van der Waals surface area contributed by atoms with Gasteiger partial charge in [0, 0.05) is 42.3 Å². The number of carbonyl (C=O) groups excluding carboxylic acids is 2. The van der Waals surface area contributed by atoms with E-state index in [0.29, 0.717) is 11.6 Å². The van der Waals surface area contributed by atoms with E-state index in [1.54, 1.807) is 0 Å². The maximum absolute atomic E-state index is 14.0. The van der Waals surface area contributed by atoms with E-state index in [0.717, 1.165) is 56.9 Å². The van der Waals surface area contributed by atoms with Crippen molar-refractivity contribution in [3.63, 3.8) is 0 Å². The first-order chi connectivity index (χ1) is 16.8. The van der Waals surface area contributed by atoms with Crippen LogP contribution in [0.25, 0.3) is 0 Å². The fourth-order valence-corrected chi connectivity index (χ4v) is 6.77. The van der Waals surface area contributed by atoms with E-state index in [4.69, 9.17) is 16.3 Å². The molecule has 4 atom stereocenters. The van der Waals surface area contributed by atoms with Crippen molar-refractivity contribution in [3.8, 4) is 0 Å². The second kappa shape index (κ2) is 10.2. The van der Waals surface area contributed by atoms with E-state index >= 15 is 0 Å². The van der Waals surface area contributed by atoms with Crippen LogP contribution in [0, 0.1) is 16.7 Å². The maximum atomic E-state index is 14.0. The first kappa shape index (κ1) is 27.4. The number of fused-ring (bicyclic) bond motifs is 2. The van der Waals surface area contributed by atoms with Crippen LogP contribution in [0.1, 0.15) is 59.9 Å². The third-order valence-electron chi connectivity index (χ3n) is 7.89. The SMILES string of the molecule is CC(C)(C)C[C@H]1N[C@@H](C(=O)NCCCN2CCOCC2)[C@H](C(C)(C)C)[C@@]12C(=O)Nc1cc(Cl)ccc12. The van der Waals surface area contributed by atoms with Crippen molar-refractivity contribution in [1.82, 2.24) is 15.5 Å². The molecule has 0 bridgehead atoms. The summed E-state index contributed by atoms with van der Waals surface area (Å²) in [6.07, 6.45) is 1.65. The summed E-state index contributed by atoms with van der Waals surface area (Å²) in [6.45, 7) is 18.0. The zero-order valence-electron chi connectivity index (χ0n) is 22.7. The van der Waals surface area contributed by atoms with Crippen LogP contribution in [0.5, 0.6) is 0 Å². The molecule has 2 amide bonds. The molecule has 2 saturated heterocycles. The Hall–Kier alpha value is -1.67. The monoisotopic (exact) mass is 518 g/mol. The molecule has 3 aliphatic heterocycles. The number of carbonyl (C=O) groups is 2. The molecule has 8 heteroatoms. The Balaban J connectivity index is 1.63. The summed E-state index contributed by atoms with van der Waals surface area (Å²) in [6, 6.07) is 5.00. The van der Waals surface area contributed by atoms with Crippen molar-refractivity contribution in [2.75, 3.05) is 44.7 Å². The van der Waals surface area contributed by atoms with Gasteiger partial charge >= 0.3 is 0 Å². The third-order valence-corrected chi connectivity index (χ3v) is 8.13. The molecule has 0 unspecified atom stereocenters. The Morgan fingerprint density at radius 1 is 1.19 bits per heavy atom. The van der Waals surface area contributed by atoms with Gasteiger partial charge in [-0.15, -0.1) is 0 Å². The summed E-state index contributed by atoms with van der Waals surface area (Å²) >= 11 is 6.30. The normalized spacial score (nSPS) is 28.9. The predicted octanol–water partition coefficient (Wildman–Crippen LogP) is 3.81. The molecule has 3 heterocycles. The van der Waals surface area contributed by atoms with Gasteiger partial charge in [-0.2, -0.15) is 0 Å². The topological polar surface area (TPSA) is 82.7 Å². The molecule has 1 aromatic rings. The van der Waals surface area contributed by atoms with Crippen LogP contribution in [-0.4, -0.2) is 68.2 Å². The number of ether oxygens (including phenoxy) is 1. The molecule has 3 N–H and O–H groups in total. The number of benzene rings is 1. The Morgan fingerprint density at radius 3 is 2.53 bits per heavy atom. The Labute approximate surface area is 221 Å². The molecule has 36 heavy (non-hydrogen) atoms. The maximum Gasteiger partial charge on any atom is 0.237 e. The number of nitrogens with one attached hydrogen (secondary N) is 3. The minimum Gasteiger partial charge on any atom is -0.379 e. The van der Waals surface area contributed by atoms with Gasteiger partial charge in [0.1, 0.15) is 0 Å². The molecule has 4 rings (SSSR count). The molecule has 7 nitrogen and oxygen atoms in total. The summed E-state index contributed by atoms with van der Waals surface area (Å²) in [5.74, 6) is -0.300. The summed E-state index contributed by atoms with van der Waals surface area (Å²) in [4.78, 5) is 30.1. The third kappa shape index (κ3) is 5.31. The van der Waals surface area contributed by atoms with Gasteiger partial charge in [0.05, 0.1) is 24.7 Å². The number of hydrogen-bond acceptors (Lipinski definition) is 5. The van der Waals surface area contributed by atoms with Crippen molar-refractivity contribution in [2.24, 2.45) is 16.7 Å². The Morgan fingerprint density at radius 2 is 1.89 bits per heavy atom. The number of halogens is 1. The molecule has 1 aromatic carbocycles. The zero-order chi connectivity index (χ0) is 26.3. The van der Waals surface area contributed by atoms with E-state index in [1.165, 1.54) is 0 Å². The van der Waals surface area contributed by atoms with Crippen LogP contribution in [0.4, 0.5) is 5.69 Å². The highest BCUT2D eigenvalue weighted by molar-refractivity contribution is 6.31. The summed E-state index contributed by atoms with van der Waals surface area (Å²) in [5, 5.41) is 10.6. The summed E-state index contributed by atoms with van der Waals surface area (Å²) < 4.78 is 5.43. The van der Waals surface area contributed by atoms with Gasteiger partial charge in [-0.25, -0.2) is 0 Å². The molecule has 0 aliphatic carbocycles. The van der Waals surface area contributed by atoms with Crippen molar-refractivity contribution in [1.29, 1.82) is 0 Å². The van der Waals surface area contributed by atoms with E-state index in [-0.39, 0.29) is 34.6 Å². The summed E-state index contributed by atoms with van der Waals surface area (Å²) in [7, 11) is 0. The second-order valence-corrected chi connectivity index (χ2v) is 13.4. The van der Waals surface area contributed by atoms with Crippen LogP contribution in [-0.2, 0) is 19.7 Å². The summed E-state index contributed by atoms with van der Waals surface area (Å²) in [5.41, 5.74) is 0.497. The fourth-order valence-electron chi connectivity index (χ4n) is 6.60. The van der Waals surface area contributed by atoms with E-state index in [2.05, 4.69) is 62.4 Å². The molecular weight excluding hydrogens is 476 g/mol. The van der Waals surface area contributed by atoms with Gasteiger partial charge in [0.2, 0.25) is 11.8 Å². The standard InChI is InChI=1S/C28H43ClN4O3/c1-26(2,3)17-21-28(19-9-8-18(29)16-20(19)31-25(28)35)23(27(4,5)6)22(32-21)24(34)30-10-7-11-33-12-14-36-15-13-33/h8-9,16,21-23,32H,7,10-15,17H2,1-6H3,(H,30,34)(H,31,35)/t21-,22-,23-,28+/m1/s1. The van der Waals surface area contributed by atoms with E-state index in [9.17, 15) is 9.59 Å². The van der Waals surface area contributed by atoms with Crippen LogP contribution < -0.4 is 16.0 Å². The minimum absolute atomic E-state index is 0.0251. The van der Waals surface area contributed by atoms with Gasteiger partial charge in [-0.3, -0.25) is 14.5 Å². The minimum atomic E-state index is -0.860. The quantitative estimate of drug-likeness (QED) is 0.499. The van der Waals surface area contributed by atoms with Crippen molar-refractivity contribution < 1.29 is 14.3 Å². The molecule has 200 valence electrons. The molecule has 2 fully saturated rings. The lowest BCUT2D eigenvalue weighted by Crippen LogP contribution is -2.54. The lowest BCUT2D eigenvalue weighted by Gasteiger charge is -2.43. The van der Waals surface area contributed by atoms with Gasteiger partial charge in [0.25, 0.3) is 0 Å². The number of rotatable bonds is 6. The second-order valence-electron chi connectivity index (χ2n) is 12.9. The van der Waals surface area contributed by atoms with Gasteiger partial charge in [-0.05, 0) is 47.9 Å². The number of hydrogen-bond donors (Lipinski definition) is 3. The van der Waals surface area contributed by atoms with Crippen LogP contribution in [0.15, 0.2) is 18.2 Å². The highest BCUT2D eigenvalue weighted by atomic mass is 35.5. The average molecular weight is 519 g/mol. The van der Waals surface area contributed by atoms with Crippen LogP contribution in [0.2, 0.25) is 5.02 Å². The molecule has 1 spiro atoms. The smallest absolute Gasteiger partial charge is 0.237 e. The fraction of sp³-hybridized carbons (Fsp3) is 0.714. The number of anilines is 1. The lowest BCUT2D eigenvalue weighted by molar-refractivity contribution is -0.127. The predicted molar refractivity (Wildman–Crippen MR) is 144 cm³/mol. The average Bonchev–Trinajstić information content (AvgIpc) is 3.26. The largest absolute Gasteiger partial charge is 0.379 e. The number of nitrogens with zero attached hydrogens (tertiary/aromatic N) is 1. The number of morpholine rings is 1. The lowest BCUT2D eigenvalue weighted by atomic mass is 9.57. The molecule has 0 saturated carbocycles. The highest BCUT2D eigenvalue weighted by Crippen LogP contribution is 2.57. The van der Waals surface area contributed by atoms with E-state index < -0.39 is 11.5 Å². The first-order valence-corrected chi connectivity index (χ1v) is 13.7. The van der Waals surface area contributed by atoms with Gasteiger partial charge < -0.3 is 20.7 Å². The highest BCUT2D eigenvalue weighted by Gasteiger charge is 2.67. The molecule has 0 radical (unpaired) electrons. The van der Waals surface area contributed by atoms with Gasteiger partial charge in [0.15, 0.2) is 0 Å². The van der Waals surface area contributed by atoms with Crippen molar-refractivity contribution >= 4 is 29.1 Å². The van der Waals surface area contributed by atoms with E-state index in [1.807, 2.05) is 18.2 Å². The van der Waals surface area contributed by atoms with Crippen molar-refractivity contribution in [3.05, 3.63) is 28.8 Å². The Kier molecular flexibility index (Phi) is 7.78. The zero-order valence-corrected chi connectivity index (χ0v) is 23.4. The first-order valence-electron chi connectivity index (χ1n) is 13.3. The molecule has 3 aliphatic rings.